The van der Waals surface area contributed by atoms with Crippen LogP contribution < -0.4 is 5.32 Å². The van der Waals surface area contributed by atoms with E-state index >= 15 is 0 Å². The van der Waals surface area contributed by atoms with Crippen molar-refractivity contribution in [1.29, 1.82) is 0 Å². The van der Waals surface area contributed by atoms with Crippen LogP contribution in [0.1, 0.15) is 239 Å². The molecule has 0 bridgehead atoms. The van der Waals surface area contributed by atoms with Crippen molar-refractivity contribution >= 4 is 5.91 Å². The molecule has 71 heavy (non-hydrogen) atoms. The third kappa shape index (κ3) is 30.0. The van der Waals surface area contributed by atoms with Crippen LogP contribution in [0.5, 0.6) is 0 Å². The van der Waals surface area contributed by atoms with E-state index in [2.05, 4.69) is 31.3 Å². The van der Waals surface area contributed by atoms with Gasteiger partial charge in [-0.1, -0.05) is 224 Å². The molecule has 2 saturated heterocycles. The molecule has 9 N–H and O–H groups in total. The first-order valence-corrected chi connectivity index (χ1v) is 29.1. The summed E-state index contributed by atoms with van der Waals surface area (Å²) in [6.45, 7) is 2.68. The first-order valence-electron chi connectivity index (χ1n) is 29.1. The Morgan fingerprint density at radius 2 is 0.901 bits per heavy atom. The van der Waals surface area contributed by atoms with Gasteiger partial charge >= 0.3 is 0 Å². The van der Waals surface area contributed by atoms with Crippen LogP contribution in [-0.2, 0) is 23.7 Å². The van der Waals surface area contributed by atoms with Gasteiger partial charge < -0.3 is 65.1 Å². The predicted octanol–water partition coefficient (Wildman–Crippen LogP) is 9.28. The lowest BCUT2D eigenvalue weighted by Gasteiger charge is -2.46. The Bertz CT molecular complexity index is 1290. The zero-order valence-electron chi connectivity index (χ0n) is 44.7. The van der Waals surface area contributed by atoms with E-state index in [1.807, 2.05) is 6.08 Å². The van der Waals surface area contributed by atoms with Gasteiger partial charge in [-0.05, 0) is 32.1 Å². The Morgan fingerprint density at radius 1 is 0.493 bits per heavy atom. The molecule has 12 atom stereocenters. The zero-order valence-corrected chi connectivity index (χ0v) is 44.7. The van der Waals surface area contributed by atoms with Crippen molar-refractivity contribution in [2.45, 2.75) is 312 Å². The van der Waals surface area contributed by atoms with Crippen molar-refractivity contribution in [2.24, 2.45) is 0 Å². The summed E-state index contributed by atoms with van der Waals surface area (Å²) < 4.78 is 22.6. The largest absolute Gasteiger partial charge is 0.394 e. The van der Waals surface area contributed by atoms with Crippen LogP contribution >= 0.6 is 0 Å². The average Bonchev–Trinajstić information content (AvgIpc) is 3.37. The Balaban J connectivity index is 1.60. The van der Waals surface area contributed by atoms with Crippen LogP contribution in [0.2, 0.25) is 0 Å². The fourth-order valence-corrected chi connectivity index (χ4v) is 9.66. The number of amides is 1. The van der Waals surface area contributed by atoms with E-state index in [4.69, 9.17) is 18.9 Å². The van der Waals surface area contributed by atoms with E-state index in [0.717, 1.165) is 38.5 Å². The summed E-state index contributed by atoms with van der Waals surface area (Å²) in [5.41, 5.74) is 0. The van der Waals surface area contributed by atoms with Gasteiger partial charge in [0.25, 0.3) is 0 Å². The number of hydrogen-bond acceptors (Lipinski definition) is 13. The van der Waals surface area contributed by atoms with Gasteiger partial charge in [-0.2, -0.15) is 0 Å². The number of aliphatic hydroxyl groups is 8. The number of aliphatic hydroxyl groups excluding tert-OH is 8. The standard InChI is InChI=1S/C57H107NO13/c1-3-5-7-9-10-11-12-13-14-15-16-17-18-19-20-21-22-23-24-25-26-27-28-29-30-31-32-33-34-35-37-38-40-46(61)45(58-49(62)41-39-36-8-6-4-2)44-68-56-54(67)52(65)55(48(43-60)70-56)71-57-53(66)51(64)50(63)47(42-59)69-57/h33-34,38,40,45-48,50-57,59-61,63-67H,3-32,35-37,39,41-44H2,1-2H3,(H,58,62)/b34-33+,40-38+. The number of ether oxygens (including phenoxy) is 4. The molecule has 0 aromatic rings. The fraction of sp³-hybridized carbons (Fsp3) is 0.912. The number of nitrogens with one attached hydrogen (secondary N) is 1. The van der Waals surface area contributed by atoms with Crippen molar-refractivity contribution in [3.8, 4) is 0 Å². The summed E-state index contributed by atoms with van der Waals surface area (Å²) in [6, 6.07) is -0.924. The van der Waals surface area contributed by atoms with Gasteiger partial charge in [0, 0.05) is 6.42 Å². The van der Waals surface area contributed by atoms with Crippen LogP contribution in [0, 0.1) is 0 Å². The highest BCUT2D eigenvalue weighted by Crippen LogP contribution is 2.30. The molecule has 12 unspecified atom stereocenters. The molecule has 0 saturated carbocycles. The van der Waals surface area contributed by atoms with Crippen LogP contribution in [0.4, 0.5) is 0 Å². The summed E-state index contributed by atoms with van der Waals surface area (Å²) in [4.78, 5) is 13.0. The highest BCUT2D eigenvalue weighted by Gasteiger charge is 2.51. The van der Waals surface area contributed by atoms with E-state index in [1.165, 1.54) is 167 Å². The normalized spacial score (nSPS) is 25.9. The molecule has 1 amide bonds. The minimum atomic E-state index is -1.79. The van der Waals surface area contributed by atoms with E-state index in [1.54, 1.807) is 6.08 Å². The van der Waals surface area contributed by atoms with Crippen molar-refractivity contribution < 1.29 is 64.6 Å². The molecule has 0 aromatic carbocycles. The molecule has 0 radical (unpaired) electrons. The Kier molecular flexibility index (Phi) is 40.4. The monoisotopic (exact) mass is 1010 g/mol. The quantitative estimate of drug-likeness (QED) is 0.0205. The molecule has 0 spiro atoms. The van der Waals surface area contributed by atoms with Crippen LogP contribution in [0.15, 0.2) is 24.3 Å². The zero-order chi connectivity index (χ0) is 51.7. The second-order valence-electron chi connectivity index (χ2n) is 20.8. The molecular formula is C57H107NO13. The highest BCUT2D eigenvalue weighted by atomic mass is 16.7. The van der Waals surface area contributed by atoms with Crippen molar-refractivity contribution in [3.05, 3.63) is 24.3 Å². The Morgan fingerprint density at radius 3 is 1.38 bits per heavy atom. The van der Waals surface area contributed by atoms with Gasteiger partial charge in [-0.3, -0.25) is 4.79 Å². The lowest BCUT2D eigenvalue weighted by atomic mass is 9.97. The first kappa shape index (κ1) is 65.6. The number of allylic oxidation sites excluding steroid dienone is 3. The van der Waals surface area contributed by atoms with Crippen LogP contribution in [-0.4, -0.2) is 140 Å². The SMILES string of the molecule is CCCCCCCCCCCCCCCCCCCCCCCCCCCC/C=C/CC/C=C/C(O)C(COC1OC(CO)C(OC2OC(CO)C(O)C(O)C2O)C(O)C1O)NC(=O)CCCCCCC. The summed E-state index contributed by atoms with van der Waals surface area (Å²) in [5, 5.41) is 86.4. The molecule has 14 heteroatoms. The number of hydrogen-bond donors (Lipinski definition) is 9. The molecule has 14 nitrogen and oxygen atoms in total. The second kappa shape index (κ2) is 43.7. The third-order valence-corrected chi connectivity index (χ3v) is 14.4. The molecule has 2 aliphatic heterocycles. The van der Waals surface area contributed by atoms with Crippen molar-refractivity contribution in [2.75, 3.05) is 19.8 Å². The van der Waals surface area contributed by atoms with Crippen LogP contribution in [0.3, 0.4) is 0 Å². The lowest BCUT2D eigenvalue weighted by Crippen LogP contribution is -2.65. The van der Waals surface area contributed by atoms with Gasteiger partial charge in [0.2, 0.25) is 5.91 Å². The Hall–Kier alpha value is -1.53. The van der Waals surface area contributed by atoms with E-state index < -0.39 is 86.8 Å². The predicted molar refractivity (Wildman–Crippen MR) is 282 cm³/mol. The lowest BCUT2D eigenvalue weighted by molar-refractivity contribution is -0.359. The van der Waals surface area contributed by atoms with Gasteiger partial charge in [0.05, 0.1) is 32.0 Å². The van der Waals surface area contributed by atoms with E-state index in [-0.39, 0.29) is 18.9 Å². The maximum atomic E-state index is 13.0. The summed E-state index contributed by atoms with van der Waals surface area (Å²) in [6.07, 6.45) is 34.7. The van der Waals surface area contributed by atoms with E-state index in [9.17, 15) is 45.6 Å². The molecule has 2 aliphatic rings. The molecule has 418 valence electrons. The van der Waals surface area contributed by atoms with Crippen molar-refractivity contribution in [3.63, 3.8) is 0 Å². The second-order valence-corrected chi connectivity index (χ2v) is 20.8. The molecule has 2 heterocycles. The minimum absolute atomic E-state index is 0.261. The molecule has 0 aliphatic carbocycles. The number of carbonyl (C=O) groups is 1. The van der Waals surface area contributed by atoms with Crippen molar-refractivity contribution in [1.82, 2.24) is 5.32 Å². The maximum Gasteiger partial charge on any atom is 0.220 e. The fourth-order valence-electron chi connectivity index (χ4n) is 9.66. The summed E-state index contributed by atoms with van der Waals surface area (Å²) >= 11 is 0. The summed E-state index contributed by atoms with van der Waals surface area (Å²) in [7, 11) is 0. The highest BCUT2D eigenvalue weighted by molar-refractivity contribution is 5.76. The minimum Gasteiger partial charge on any atom is -0.394 e. The maximum absolute atomic E-state index is 13.0. The van der Waals surface area contributed by atoms with Gasteiger partial charge in [0.15, 0.2) is 12.6 Å². The number of carbonyl (C=O) groups excluding carboxylic acids is 1. The van der Waals surface area contributed by atoms with Gasteiger partial charge in [0.1, 0.15) is 48.8 Å². The first-order chi connectivity index (χ1) is 34.6. The molecule has 2 fully saturated rings. The van der Waals surface area contributed by atoms with Gasteiger partial charge in [-0.25, -0.2) is 0 Å². The summed E-state index contributed by atoms with van der Waals surface area (Å²) in [5.74, 6) is -0.261. The average molecular weight is 1010 g/mol. The molecule has 2 rings (SSSR count). The van der Waals surface area contributed by atoms with Crippen LogP contribution in [0.25, 0.3) is 0 Å². The van der Waals surface area contributed by atoms with Gasteiger partial charge in [-0.15, -0.1) is 0 Å². The number of unbranched alkanes of at least 4 members (excludes halogenated alkanes) is 31. The Labute approximate surface area is 430 Å². The molecular weight excluding hydrogens is 907 g/mol. The molecule has 0 aromatic heterocycles. The third-order valence-electron chi connectivity index (χ3n) is 14.4. The number of rotatable bonds is 46. The van der Waals surface area contributed by atoms with E-state index in [0.29, 0.717) is 12.8 Å². The smallest absolute Gasteiger partial charge is 0.220 e. The topological polar surface area (TPSA) is 228 Å².